The topological polar surface area (TPSA) is 80.7 Å². The molecule has 8 atom stereocenters. The summed E-state index contributed by atoms with van der Waals surface area (Å²) in [7, 11) is 0. The van der Waals surface area contributed by atoms with E-state index in [0.29, 0.717) is 5.92 Å². The molecule has 5 heteroatoms. The molecule has 0 aromatic heterocycles. The van der Waals surface area contributed by atoms with Gasteiger partial charge in [-0.25, -0.2) is 0 Å². The van der Waals surface area contributed by atoms with Crippen LogP contribution in [-0.4, -0.2) is 23.0 Å². The SMILES string of the molecule is CC(C)C1=C[C@]23CC[C@@H]4[C@](C)(CCC[C@@]4(C)C(=O)O)[C@@H]2C[C@@H]1[C@H]1C(=O)OC(=O)[C@H]13. The van der Waals surface area contributed by atoms with E-state index >= 15 is 0 Å². The van der Waals surface area contributed by atoms with Crippen molar-refractivity contribution in [1.82, 2.24) is 0 Å². The second-order valence-electron chi connectivity index (χ2n) is 11.2. The quantitative estimate of drug-likeness (QED) is 0.427. The minimum atomic E-state index is -0.707. The molecule has 0 aromatic rings. The Morgan fingerprint density at radius 2 is 1.86 bits per heavy atom. The molecule has 5 nitrogen and oxygen atoms in total. The maximum atomic E-state index is 12.9. The van der Waals surface area contributed by atoms with Crippen molar-refractivity contribution >= 4 is 17.9 Å². The Morgan fingerprint density at radius 3 is 2.52 bits per heavy atom. The molecule has 1 saturated heterocycles. The van der Waals surface area contributed by atoms with Crippen molar-refractivity contribution < 1.29 is 24.2 Å². The Kier molecular flexibility index (Phi) is 3.82. The van der Waals surface area contributed by atoms with Gasteiger partial charge in [0.25, 0.3) is 0 Å². The van der Waals surface area contributed by atoms with Crippen molar-refractivity contribution in [3.63, 3.8) is 0 Å². The minimum Gasteiger partial charge on any atom is -0.481 e. The van der Waals surface area contributed by atoms with Crippen LogP contribution in [0.25, 0.3) is 0 Å². The van der Waals surface area contributed by atoms with Gasteiger partial charge in [0.1, 0.15) is 0 Å². The molecule has 1 aliphatic heterocycles. The lowest BCUT2D eigenvalue weighted by Gasteiger charge is -2.68. The van der Waals surface area contributed by atoms with Crippen LogP contribution in [0.15, 0.2) is 11.6 Å². The van der Waals surface area contributed by atoms with Crippen molar-refractivity contribution in [1.29, 1.82) is 0 Å². The zero-order valence-corrected chi connectivity index (χ0v) is 17.9. The van der Waals surface area contributed by atoms with Gasteiger partial charge in [-0.05, 0) is 68.1 Å². The summed E-state index contributed by atoms with van der Waals surface area (Å²) in [5.74, 6) is -1.33. The molecule has 0 radical (unpaired) electrons. The molecule has 0 amide bonds. The number of carboxylic acids is 1. The largest absolute Gasteiger partial charge is 0.481 e. The monoisotopic (exact) mass is 400 g/mol. The lowest BCUT2D eigenvalue weighted by Crippen LogP contribution is -2.65. The predicted octanol–water partition coefficient (Wildman–Crippen LogP) is 4.21. The summed E-state index contributed by atoms with van der Waals surface area (Å²) in [5.41, 5.74) is 0.122. The lowest BCUT2D eigenvalue weighted by atomic mass is 9.34. The zero-order chi connectivity index (χ0) is 20.9. The van der Waals surface area contributed by atoms with E-state index in [9.17, 15) is 19.5 Å². The molecule has 0 unspecified atom stereocenters. The number of ether oxygens (including phenoxy) is 1. The van der Waals surface area contributed by atoms with Gasteiger partial charge in [0.2, 0.25) is 0 Å². The van der Waals surface area contributed by atoms with Crippen LogP contribution >= 0.6 is 0 Å². The number of hydrogen-bond donors (Lipinski definition) is 1. The van der Waals surface area contributed by atoms with Gasteiger partial charge in [-0.1, -0.05) is 38.8 Å². The second-order valence-corrected chi connectivity index (χ2v) is 11.2. The summed E-state index contributed by atoms with van der Waals surface area (Å²) >= 11 is 0. The van der Waals surface area contributed by atoms with Gasteiger partial charge in [-0.2, -0.15) is 0 Å². The van der Waals surface area contributed by atoms with Gasteiger partial charge in [-0.3, -0.25) is 14.4 Å². The maximum absolute atomic E-state index is 12.9. The fourth-order valence-corrected chi connectivity index (χ4v) is 8.76. The third-order valence-electron chi connectivity index (χ3n) is 9.89. The Labute approximate surface area is 172 Å². The highest BCUT2D eigenvalue weighted by molar-refractivity contribution is 5.98. The van der Waals surface area contributed by atoms with Crippen LogP contribution in [0.2, 0.25) is 0 Å². The molecular weight excluding hydrogens is 368 g/mol. The second kappa shape index (κ2) is 5.73. The van der Waals surface area contributed by atoms with Crippen molar-refractivity contribution in [3.05, 3.63) is 11.6 Å². The number of allylic oxidation sites excluding steroid dienone is 2. The van der Waals surface area contributed by atoms with E-state index in [4.69, 9.17) is 4.74 Å². The Hall–Kier alpha value is -1.65. The van der Waals surface area contributed by atoms with Crippen LogP contribution < -0.4 is 0 Å². The van der Waals surface area contributed by atoms with E-state index in [2.05, 4.69) is 26.8 Å². The van der Waals surface area contributed by atoms with E-state index in [1.165, 1.54) is 5.57 Å². The van der Waals surface area contributed by atoms with Gasteiger partial charge in [0.05, 0.1) is 17.3 Å². The first-order chi connectivity index (χ1) is 13.6. The van der Waals surface area contributed by atoms with Gasteiger partial charge in [0.15, 0.2) is 0 Å². The van der Waals surface area contributed by atoms with Crippen molar-refractivity contribution in [2.45, 2.75) is 66.2 Å². The highest BCUT2D eigenvalue weighted by Crippen LogP contribution is 2.74. The fraction of sp³-hybridized carbons (Fsp3) is 0.792. The third kappa shape index (κ3) is 2.14. The summed E-state index contributed by atoms with van der Waals surface area (Å²) in [6.45, 7) is 8.56. The van der Waals surface area contributed by atoms with Crippen LogP contribution in [0.4, 0.5) is 0 Å². The number of hydrogen-bond acceptors (Lipinski definition) is 4. The zero-order valence-electron chi connectivity index (χ0n) is 17.9. The molecule has 29 heavy (non-hydrogen) atoms. The number of carboxylic acid groups (broad SMARTS) is 1. The normalized spacial score (nSPS) is 50.5. The van der Waals surface area contributed by atoms with Gasteiger partial charge in [0, 0.05) is 5.41 Å². The number of esters is 2. The number of carbonyl (C=O) groups is 3. The van der Waals surface area contributed by atoms with Crippen LogP contribution in [0.1, 0.15) is 66.2 Å². The first kappa shape index (κ1) is 19.3. The molecule has 3 saturated carbocycles. The average Bonchev–Trinajstić information content (AvgIpc) is 2.97. The first-order valence-electron chi connectivity index (χ1n) is 11.3. The first-order valence-corrected chi connectivity index (χ1v) is 11.3. The molecule has 0 aromatic carbocycles. The van der Waals surface area contributed by atoms with Crippen LogP contribution in [0.5, 0.6) is 0 Å². The van der Waals surface area contributed by atoms with Gasteiger partial charge < -0.3 is 9.84 Å². The van der Waals surface area contributed by atoms with E-state index in [-0.39, 0.29) is 52.4 Å². The van der Waals surface area contributed by atoms with E-state index < -0.39 is 11.4 Å². The third-order valence-corrected chi connectivity index (χ3v) is 9.89. The van der Waals surface area contributed by atoms with Gasteiger partial charge >= 0.3 is 17.9 Å². The number of carbonyl (C=O) groups excluding carboxylic acids is 2. The van der Waals surface area contributed by atoms with Gasteiger partial charge in [-0.15, -0.1) is 0 Å². The number of cyclic esters (lactones) is 2. The van der Waals surface area contributed by atoms with Crippen LogP contribution in [0, 0.1) is 51.8 Å². The highest BCUT2D eigenvalue weighted by atomic mass is 16.6. The smallest absolute Gasteiger partial charge is 0.318 e. The standard InChI is InChI=1S/C24H32O5/c1-12(2)14-11-24-9-6-15-22(3,7-5-8-23(15,4)21(27)28)16(24)10-13(14)17-18(24)20(26)29-19(17)25/h11-13,15-18H,5-10H2,1-4H3,(H,27,28)/t13-,15+,16-,17+,18-,22-,23+,24+/m0/s1. The summed E-state index contributed by atoms with van der Waals surface area (Å²) < 4.78 is 5.20. The lowest BCUT2D eigenvalue weighted by molar-refractivity contribution is -0.195. The summed E-state index contributed by atoms with van der Waals surface area (Å²) in [6, 6.07) is 0. The Bertz CT molecular complexity index is 842. The number of rotatable bonds is 2. The summed E-state index contributed by atoms with van der Waals surface area (Å²) in [4.78, 5) is 37.8. The summed E-state index contributed by atoms with van der Waals surface area (Å²) in [6.07, 6.45) is 7.48. The maximum Gasteiger partial charge on any atom is 0.318 e. The minimum absolute atomic E-state index is 0.0550. The molecule has 1 heterocycles. The van der Waals surface area contributed by atoms with E-state index in [1.54, 1.807) is 0 Å². The Morgan fingerprint density at radius 1 is 1.14 bits per heavy atom. The Balaban J connectivity index is 1.67. The van der Waals surface area contributed by atoms with E-state index in [0.717, 1.165) is 38.5 Å². The molecule has 1 spiro atoms. The molecule has 4 fully saturated rings. The molecular formula is C24H32O5. The molecule has 6 rings (SSSR count). The summed E-state index contributed by atoms with van der Waals surface area (Å²) in [5, 5.41) is 10.1. The number of aliphatic carboxylic acids is 1. The van der Waals surface area contributed by atoms with Crippen LogP contribution in [0.3, 0.4) is 0 Å². The molecule has 5 aliphatic carbocycles. The van der Waals surface area contributed by atoms with Crippen molar-refractivity contribution in [3.8, 4) is 0 Å². The van der Waals surface area contributed by atoms with E-state index in [1.807, 2.05) is 6.92 Å². The fourth-order valence-electron chi connectivity index (χ4n) is 8.76. The molecule has 2 bridgehead atoms. The molecule has 158 valence electrons. The highest BCUT2D eigenvalue weighted by Gasteiger charge is 2.73. The molecule has 6 aliphatic rings. The van der Waals surface area contributed by atoms with Crippen molar-refractivity contribution in [2.75, 3.05) is 0 Å². The average molecular weight is 401 g/mol. The predicted molar refractivity (Wildman–Crippen MR) is 105 cm³/mol. The molecule has 1 N–H and O–H groups in total. The van der Waals surface area contributed by atoms with Crippen molar-refractivity contribution in [2.24, 2.45) is 51.8 Å². The van der Waals surface area contributed by atoms with Crippen LogP contribution in [-0.2, 0) is 19.1 Å². The number of fused-ring (bicyclic) bond motifs is 1.